The molecule has 5 rings (SSSR count). The summed E-state index contributed by atoms with van der Waals surface area (Å²) in [5.41, 5.74) is 1.92. The number of amides is 1. The van der Waals surface area contributed by atoms with Gasteiger partial charge in [-0.2, -0.15) is 0 Å². The highest BCUT2D eigenvalue weighted by molar-refractivity contribution is 6.31. The summed E-state index contributed by atoms with van der Waals surface area (Å²) < 4.78 is 0. The number of fused-ring (bicyclic) bond motifs is 2. The van der Waals surface area contributed by atoms with Crippen LogP contribution < -0.4 is 15.5 Å². The number of nitrogens with zero attached hydrogens (tertiary/aromatic N) is 5. The van der Waals surface area contributed by atoms with E-state index in [2.05, 4.69) is 25.5 Å². The highest BCUT2D eigenvalue weighted by atomic mass is 35.5. The lowest BCUT2D eigenvalue weighted by atomic mass is 10.1. The van der Waals surface area contributed by atoms with Crippen molar-refractivity contribution in [2.45, 2.75) is 19.0 Å². The average Bonchev–Trinajstić information content (AvgIpc) is 3.34. The smallest absolute Gasteiger partial charge is 0.256 e. The lowest BCUT2D eigenvalue weighted by Crippen LogP contribution is -2.34. The van der Waals surface area contributed by atoms with Gasteiger partial charge >= 0.3 is 0 Å². The topological polar surface area (TPSA) is 86.3 Å². The van der Waals surface area contributed by atoms with Gasteiger partial charge in [-0.1, -0.05) is 11.6 Å². The highest BCUT2D eigenvalue weighted by Gasteiger charge is 2.38. The van der Waals surface area contributed by atoms with Crippen LogP contribution in [0.15, 0.2) is 18.6 Å². The molecule has 0 aliphatic carbocycles. The van der Waals surface area contributed by atoms with Crippen molar-refractivity contribution < 1.29 is 4.79 Å². The summed E-state index contributed by atoms with van der Waals surface area (Å²) in [6.45, 7) is 3.52. The first-order valence-corrected chi connectivity index (χ1v) is 9.49. The predicted molar refractivity (Wildman–Crippen MR) is 102 cm³/mol. The van der Waals surface area contributed by atoms with E-state index >= 15 is 0 Å². The van der Waals surface area contributed by atoms with Crippen LogP contribution in [0.25, 0.3) is 0 Å². The molecule has 2 unspecified atom stereocenters. The van der Waals surface area contributed by atoms with Gasteiger partial charge in [-0.25, -0.2) is 9.97 Å². The van der Waals surface area contributed by atoms with Gasteiger partial charge in [0.2, 0.25) is 0 Å². The zero-order valence-corrected chi connectivity index (χ0v) is 15.7. The van der Waals surface area contributed by atoms with Crippen LogP contribution in [0.1, 0.15) is 22.3 Å². The maximum absolute atomic E-state index is 12.5. The summed E-state index contributed by atoms with van der Waals surface area (Å²) in [5, 5.41) is 7.04. The highest BCUT2D eigenvalue weighted by Crippen LogP contribution is 2.34. The Morgan fingerprint density at radius 2 is 2.19 bits per heavy atom. The number of hydrogen-bond donors (Lipinski definition) is 2. The number of pyridine rings is 1. The second-order valence-corrected chi connectivity index (χ2v) is 7.69. The molecule has 0 saturated carbocycles. The van der Waals surface area contributed by atoms with E-state index in [1.54, 1.807) is 30.5 Å². The second kappa shape index (κ2) is 6.31. The fourth-order valence-corrected chi connectivity index (χ4v) is 4.54. The quantitative estimate of drug-likeness (QED) is 0.777. The number of nitrogens with one attached hydrogen (secondary N) is 2. The largest absolute Gasteiger partial charge is 0.351 e. The molecule has 2 aromatic rings. The predicted octanol–water partition coefficient (Wildman–Crippen LogP) is 1.65. The zero-order chi connectivity index (χ0) is 18.5. The van der Waals surface area contributed by atoms with Gasteiger partial charge in [0.25, 0.3) is 5.91 Å². The van der Waals surface area contributed by atoms with Crippen LogP contribution >= 0.6 is 11.6 Å². The molecule has 0 aromatic carbocycles. The fourth-order valence-electron chi connectivity index (χ4n) is 4.34. The Bertz CT molecular complexity index is 921. The van der Waals surface area contributed by atoms with Crippen molar-refractivity contribution in [2.75, 3.05) is 36.9 Å². The first-order valence-electron chi connectivity index (χ1n) is 9.11. The Labute approximate surface area is 161 Å². The Morgan fingerprint density at radius 3 is 3.07 bits per heavy atom. The molecule has 9 heteroatoms. The van der Waals surface area contributed by atoms with E-state index in [-0.39, 0.29) is 5.91 Å². The minimum Gasteiger partial charge on any atom is -0.351 e. The molecule has 27 heavy (non-hydrogen) atoms. The van der Waals surface area contributed by atoms with E-state index in [0.717, 1.165) is 31.0 Å². The molecule has 2 N–H and O–H groups in total. The summed E-state index contributed by atoms with van der Waals surface area (Å²) in [4.78, 5) is 29.8. The molecule has 0 spiro atoms. The Morgan fingerprint density at radius 1 is 1.30 bits per heavy atom. The van der Waals surface area contributed by atoms with Gasteiger partial charge < -0.3 is 20.4 Å². The van der Waals surface area contributed by atoms with Gasteiger partial charge in [0.1, 0.15) is 11.0 Å². The number of hydrogen-bond acceptors (Lipinski definition) is 7. The number of rotatable bonds is 3. The summed E-state index contributed by atoms with van der Waals surface area (Å²) in [5.74, 6) is 2.06. The number of carbonyl (C=O) groups excluding carboxylic acids is 1. The molecular weight excluding hydrogens is 366 g/mol. The summed E-state index contributed by atoms with van der Waals surface area (Å²) >= 11 is 6.18. The van der Waals surface area contributed by atoms with Crippen LogP contribution in [-0.4, -0.2) is 58.5 Å². The Kier molecular flexibility index (Phi) is 3.91. The molecule has 2 saturated heterocycles. The van der Waals surface area contributed by atoms with E-state index < -0.39 is 0 Å². The van der Waals surface area contributed by atoms with Gasteiger partial charge in [-0.05, 0) is 12.3 Å². The van der Waals surface area contributed by atoms with E-state index in [1.165, 1.54) is 6.42 Å². The van der Waals surface area contributed by atoms with E-state index in [9.17, 15) is 4.79 Å². The lowest BCUT2D eigenvalue weighted by Gasteiger charge is -2.24. The maximum atomic E-state index is 12.5. The van der Waals surface area contributed by atoms with Crippen LogP contribution in [0.4, 0.5) is 17.3 Å². The van der Waals surface area contributed by atoms with Gasteiger partial charge in [0, 0.05) is 44.8 Å². The SMILES string of the molecule is CN1Cc2c(Cl)ncc(Nc3cncc(N4CCC5CNCC54)n3)c2C1=O. The summed E-state index contributed by atoms with van der Waals surface area (Å²) in [6, 6.07) is 0.478. The standard InChI is InChI=1S/C18H20ClN7O/c1-25-9-11-16(18(25)27)12(5-22-17(11)19)23-14-7-21-8-15(24-14)26-3-2-10-4-20-6-13(10)26/h5,7-8,10,13,20H,2-4,6,9H2,1H3,(H,23,24). The Hall–Kier alpha value is -2.45. The van der Waals surface area contributed by atoms with Crippen LogP contribution in [0.2, 0.25) is 5.15 Å². The number of carbonyl (C=O) groups is 1. The zero-order valence-electron chi connectivity index (χ0n) is 14.9. The van der Waals surface area contributed by atoms with Crippen LogP contribution in [0, 0.1) is 5.92 Å². The normalized spacial score (nSPS) is 23.7. The van der Waals surface area contributed by atoms with E-state index in [1.807, 2.05) is 0 Å². The van der Waals surface area contributed by atoms with Crippen molar-refractivity contribution in [2.24, 2.45) is 5.92 Å². The molecule has 140 valence electrons. The van der Waals surface area contributed by atoms with Crippen LogP contribution in [-0.2, 0) is 6.54 Å². The summed E-state index contributed by atoms with van der Waals surface area (Å²) in [6.07, 6.45) is 6.22. The molecule has 1 amide bonds. The average molecular weight is 386 g/mol. The van der Waals surface area contributed by atoms with E-state index in [4.69, 9.17) is 16.6 Å². The van der Waals surface area contributed by atoms with Crippen LogP contribution in [0.5, 0.6) is 0 Å². The molecule has 2 aromatic heterocycles. The molecule has 0 bridgehead atoms. The maximum Gasteiger partial charge on any atom is 0.256 e. The molecule has 0 radical (unpaired) electrons. The molecular formula is C18H20ClN7O. The van der Waals surface area contributed by atoms with Crippen molar-refractivity contribution in [3.05, 3.63) is 34.9 Å². The first-order chi connectivity index (χ1) is 13.1. The van der Waals surface area contributed by atoms with Crippen LogP contribution in [0.3, 0.4) is 0 Å². The van der Waals surface area contributed by atoms with Crippen molar-refractivity contribution >= 4 is 34.8 Å². The van der Waals surface area contributed by atoms with Crippen molar-refractivity contribution in [1.82, 2.24) is 25.2 Å². The molecule has 3 aliphatic rings. The lowest BCUT2D eigenvalue weighted by molar-refractivity contribution is 0.0817. The fraction of sp³-hybridized carbons (Fsp3) is 0.444. The van der Waals surface area contributed by atoms with E-state index in [0.29, 0.717) is 40.7 Å². The third-order valence-corrected chi connectivity index (χ3v) is 6.03. The van der Waals surface area contributed by atoms with Gasteiger partial charge in [-0.15, -0.1) is 0 Å². The minimum absolute atomic E-state index is 0.0691. The molecule has 3 aliphatic heterocycles. The second-order valence-electron chi connectivity index (χ2n) is 7.33. The number of anilines is 3. The third-order valence-electron chi connectivity index (χ3n) is 5.71. The van der Waals surface area contributed by atoms with Crippen molar-refractivity contribution in [3.63, 3.8) is 0 Å². The van der Waals surface area contributed by atoms with Crippen molar-refractivity contribution in [3.8, 4) is 0 Å². The van der Waals surface area contributed by atoms with Gasteiger partial charge in [0.05, 0.1) is 29.8 Å². The molecule has 2 fully saturated rings. The van der Waals surface area contributed by atoms with Gasteiger partial charge in [0.15, 0.2) is 5.82 Å². The monoisotopic (exact) mass is 385 g/mol. The third kappa shape index (κ3) is 2.71. The van der Waals surface area contributed by atoms with Crippen molar-refractivity contribution in [1.29, 1.82) is 0 Å². The van der Waals surface area contributed by atoms with Gasteiger partial charge in [-0.3, -0.25) is 9.78 Å². The molecule has 5 heterocycles. The molecule has 2 atom stereocenters. The Balaban J connectivity index is 1.45. The summed E-state index contributed by atoms with van der Waals surface area (Å²) in [7, 11) is 1.75. The number of halogens is 1. The molecule has 8 nitrogen and oxygen atoms in total. The first kappa shape index (κ1) is 16.7. The minimum atomic E-state index is -0.0691. The number of aromatic nitrogens is 3.